The third kappa shape index (κ3) is 4.62. The van der Waals surface area contributed by atoms with Gasteiger partial charge < -0.3 is 28.1 Å². The average molecular weight is 468 g/mol. The average Bonchev–Trinajstić information content (AvgIpc) is 3.53. The lowest BCUT2D eigenvalue weighted by Gasteiger charge is -2.34. The first-order valence-corrected chi connectivity index (χ1v) is 11.2. The molecule has 0 radical (unpaired) electrons. The number of methoxy groups -OCH3 is 3. The van der Waals surface area contributed by atoms with Gasteiger partial charge in [-0.2, -0.15) is 0 Å². The molecular formula is C25H29N3O6. The Hall–Kier alpha value is -3.43. The summed E-state index contributed by atoms with van der Waals surface area (Å²) in [6, 6.07) is 9.86. The molecule has 9 heteroatoms. The van der Waals surface area contributed by atoms with Gasteiger partial charge in [0.05, 0.1) is 27.0 Å². The van der Waals surface area contributed by atoms with Crippen LogP contribution in [0.5, 0.6) is 28.7 Å². The first-order valence-electron chi connectivity index (χ1n) is 11.2. The molecule has 0 bridgehead atoms. The maximum absolute atomic E-state index is 5.78. The van der Waals surface area contributed by atoms with Crippen LogP contribution in [0.15, 0.2) is 41.0 Å². The van der Waals surface area contributed by atoms with Crippen molar-refractivity contribution in [2.45, 2.75) is 13.1 Å². The van der Waals surface area contributed by atoms with Gasteiger partial charge in [-0.05, 0) is 29.8 Å². The molecule has 0 atom stereocenters. The molecule has 1 saturated heterocycles. The monoisotopic (exact) mass is 467 g/mol. The number of aromatic nitrogens is 1. The van der Waals surface area contributed by atoms with Gasteiger partial charge in [0.25, 0.3) is 0 Å². The van der Waals surface area contributed by atoms with Crippen molar-refractivity contribution in [1.29, 1.82) is 0 Å². The number of hydrogen-bond acceptors (Lipinski definition) is 9. The molecule has 2 aromatic carbocycles. The number of nitrogens with zero attached hydrogens (tertiary/aromatic N) is 3. The van der Waals surface area contributed by atoms with E-state index in [0.29, 0.717) is 29.9 Å². The normalized spacial score (nSPS) is 16.0. The number of benzene rings is 2. The second-order valence-electron chi connectivity index (χ2n) is 8.30. The maximum atomic E-state index is 5.78. The highest BCUT2D eigenvalue weighted by molar-refractivity contribution is 5.65. The van der Waals surface area contributed by atoms with Crippen molar-refractivity contribution in [3.05, 3.63) is 47.9 Å². The zero-order valence-electron chi connectivity index (χ0n) is 19.7. The Balaban J connectivity index is 1.18. The topological polar surface area (TPSA) is 78.7 Å². The standard InChI is InChI=1S/C25H29N3O6/c1-29-22-11-18(12-23(30-2)24(22)31-3)25-26-19(15-32-25)14-28-8-6-27(7-9-28)13-17-4-5-20-21(10-17)34-16-33-20/h4-5,10-12,15H,6-9,13-14,16H2,1-3H3. The van der Waals surface area contributed by atoms with Crippen molar-refractivity contribution in [2.75, 3.05) is 54.3 Å². The first kappa shape index (κ1) is 22.4. The third-order valence-corrected chi connectivity index (χ3v) is 6.16. The van der Waals surface area contributed by atoms with Crippen LogP contribution in [0.1, 0.15) is 11.3 Å². The summed E-state index contributed by atoms with van der Waals surface area (Å²) in [6.07, 6.45) is 1.72. The molecule has 1 aromatic heterocycles. The van der Waals surface area contributed by atoms with E-state index in [0.717, 1.165) is 62.0 Å². The van der Waals surface area contributed by atoms with E-state index in [4.69, 9.17) is 33.1 Å². The number of hydrogen-bond donors (Lipinski definition) is 0. The Morgan fingerprint density at radius 3 is 2.18 bits per heavy atom. The highest BCUT2D eigenvalue weighted by atomic mass is 16.7. The molecule has 2 aliphatic rings. The molecular weight excluding hydrogens is 438 g/mol. The highest BCUT2D eigenvalue weighted by Gasteiger charge is 2.21. The molecule has 0 saturated carbocycles. The number of piperazine rings is 1. The van der Waals surface area contributed by atoms with Gasteiger partial charge >= 0.3 is 0 Å². The summed E-state index contributed by atoms with van der Waals surface area (Å²) < 4.78 is 33.0. The predicted octanol–water partition coefficient (Wildman–Crippen LogP) is 3.41. The summed E-state index contributed by atoms with van der Waals surface area (Å²) in [5.41, 5.74) is 2.91. The maximum Gasteiger partial charge on any atom is 0.231 e. The fraction of sp³-hybridized carbons (Fsp3) is 0.400. The molecule has 0 amide bonds. The van der Waals surface area contributed by atoms with E-state index in [9.17, 15) is 0 Å². The van der Waals surface area contributed by atoms with Crippen LogP contribution in [0, 0.1) is 0 Å². The number of fused-ring (bicyclic) bond motifs is 1. The zero-order chi connectivity index (χ0) is 23.5. The molecule has 0 spiro atoms. The number of oxazole rings is 1. The minimum atomic E-state index is 0.306. The van der Waals surface area contributed by atoms with Gasteiger partial charge in [0.15, 0.2) is 23.0 Å². The Morgan fingerprint density at radius 2 is 1.50 bits per heavy atom. The second-order valence-corrected chi connectivity index (χ2v) is 8.30. The van der Waals surface area contributed by atoms with Crippen LogP contribution in [-0.2, 0) is 13.1 Å². The van der Waals surface area contributed by atoms with Gasteiger partial charge in [-0.25, -0.2) is 4.98 Å². The quantitative estimate of drug-likeness (QED) is 0.495. The molecule has 0 aliphatic carbocycles. The minimum Gasteiger partial charge on any atom is -0.493 e. The van der Waals surface area contributed by atoms with E-state index in [1.807, 2.05) is 18.2 Å². The van der Waals surface area contributed by atoms with Gasteiger partial charge in [0.1, 0.15) is 6.26 Å². The lowest BCUT2D eigenvalue weighted by atomic mass is 10.1. The Kier molecular flexibility index (Phi) is 6.46. The first-order chi connectivity index (χ1) is 16.7. The van der Waals surface area contributed by atoms with Gasteiger partial charge in [-0.3, -0.25) is 9.80 Å². The van der Waals surface area contributed by atoms with Crippen LogP contribution in [-0.4, -0.2) is 69.1 Å². The van der Waals surface area contributed by atoms with E-state index >= 15 is 0 Å². The minimum absolute atomic E-state index is 0.306. The van der Waals surface area contributed by atoms with Gasteiger partial charge in [0, 0.05) is 44.8 Å². The molecule has 0 unspecified atom stereocenters. The van der Waals surface area contributed by atoms with Crippen LogP contribution in [0.2, 0.25) is 0 Å². The Labute approximate surface area is 198 Å². The van der Waals surface area contributed by atoms with Crippen molar-refractivity contribution in [1.82, 2.24) is 14.8 Å². The molecule has 34 heavy (non-hydrogen) atoms. The van der Waals surface area contributed by atoms with Crippen molar-refractivity contribution in [3.63, 3.8) is 0 Å². The van der Waals surface area contributed by atoms with Crippen LogP contribution < -0.4 is 23.7 Å². The second kappa shape index (κ2) is 9.82. The van der Waals surface area contributed by atoms with E-state index in [1.165, 1.54) is 5.56 Å². The fourth-order valence-corrected chi connectivity index (χ4v) is 4.35. The molecule has 0 N–H and O–H groups in total. The molecule has 5 rings (SSSR count). The van der Waals surface area contributed by atoms with Crippen molar-refractivity contribution < 1.29 is 28.1 Å². The van der Waals surface area contributed by atoms with E-state index < -0.39 is 0 Å². The van der Waals surface area contributed by atoms with Crippen LogP contribution in [0.3, 0.4) is 0 Å². The van der Waals surface area contributed by atoms with Gasteiger partial charge in [-0.1, -0.05) is 6.07 Å². The smallest absolute Gasteiger partial charge is 0.231 e. The summed E-state index contributed by atoms with van der Waals surface area (Å²) in [6.45, 7) is 5.87. The molecule has 3 aromatic rings. The van der Waals surface area contributed by atoms with E-state index in [2.05, 4.69) is 21.9 Å². The van der Waals surface area contributed by atoms with Crippen LogP contribution >= 0.6 is 0 Å². The van der Waals surface area contributed by atoms with Crippen molar-refractivity contribution >= 4 is 0 Å². The lowest BCUT2D eigenvalue weighted by molar-refractivity contribution is 0.121. The molecule has 2 aliphatic heterocycles. The fourth-order valence-electron chi connectivity index (χ4n) is 4.35. The third-order valence-electron chi connectivity index (χ3n) is 6.16. The Bertz CT molecular complexity index is 1110. The van der Waals surface area contributed by atoms with E-state index in [-0.39, 0.29) is 0 Å². The summed E-state index contributed by atoms with van der Waals surface area (Å²) >= 11 is 0. The molecule has 1 fully saturated rings. The van der Waals surface area contributed by atoms with Crippen LogP contribution in [0.25, 0.3) is 11.5 Å². The predicted molar refractivity (Wildman–Crippen MR) is 125 cm³/mol. The van der Waals surface area contributed by atoms with Crippen LogP contribution in [0.4, 0.5) is 0 Å². The lowest BCUT2D eigenvalue weighted by Crippen LogP contribution is -2.45. The molecule has 9 nitrogen and oxygen atoms in total. The zero-order valence-corrected chi connectivity index (χ0v) is 19.7. The van der Waals surface area contributed by atoms with Crippen molar-refractivity contribution in [2.24, 2.45) is 0 Å². The SMILES string of the molecule is COc1cc(-c2nc(CN3CCN(Cc4ccc5c(c4)OCO5)CC3)co2)cc(OC)c1OC. The molecule has 180 valence electrons. The molecule has 3 heterocycles. The Morgan fingerprint density at radius 1 is 0.824 bits per heavy atom. The summed E-state index contributed by atoms with van der Waals surface area (Å²) in [5.74, 6) is 3.86. The number of ether oxygens (including phenoxy) is 5. The van der Waals surface area contributed by atoms with Gasteiger partial charge in [0.2, 0.25) is 18.4 Å². The van der Waals surface area contributed by atoms with Crippen molar-refractivity contribution in [3.8, 4) is 40.2 Å². The van der Waals surface area contributed by atoms with E-state index in [1.54, 1.807) is 27.6 Å². The summed E-state index contributed by atoms with van der Waals surface area (Å²) in [5, 5.41) is 0. The summed E-state index contributed by atoms with van der Waals surface area (Å²) in [7, 11) is 4.76. The van der Waals surface area contributed by atoms with Gasteiger partial charge in [-0.15, -0.1) is 0 Å². The largest absolute Gasteiger partial charge is 0.493 e. The highest BCUT2D eigenvalue weighted by Crippen LogP contribution is 2.41. The number of rotatable bonds is 8. The summed E-state index contributed by atoms with van der Waals surface area (Å²) in [4.78, 5) is 9.55.